The van der Waals surface area contributed by atoms with Gasteiger partial charge in [-0.05, 0) is 67.2 Å². The summed E-state index contributed by atoms with van der Waals surface area (Å²) in [6, 6.07) is 12.4. The molecule has 3 aliphatic heterocycles. The maximum atomic E-state index is 13.8. The molecule has 4 N–H and O–H groups in total. The second-order valence-electron chi connectivity index (χ2n) is 15.6. The van der Waals surface area contributed by atoms with Crippen molar-refractivity contribution < 1.29 is 38.1 Å². The number of imidazole rings is 2. The molecule has 2 aromatic carbocycles. The van der Waals surface area contributed by atoms with Gasteiger partial charge in [0.1, 0.15) is 23.7 Å². The van der Waals surface area contributed by atoms with Crippen LogP contribution in [0.15, 0.2) is 54.9 Å². The molecule has 2 aromatic heterocycles. The zero-order valence-corrected chi connectivity index (χ0v) is 34.1. The summed E-state index contributed by atoms with van der Waals surface area (Å²) >= 11 is 0. The quantitative estimate of drug-likeness (QED) is 0.175. The average molecular weight is 811 g/mol. The predicted molar refractivity (Wildman–Crippen MR) is 218 cm³/mol. The Kier molecular flexibility index (Phi) is 13.3. The number of hydrogen-bond acceptors (Lipinski definition) is 10. The number of aromatic amines is 2. The molecule has 7 rings (SSSR count). The first-order chi connectivity index (χ1) is 28.6. The van der Waals surface area contributed by atoms with E-state index in [1.807, 2.05) is 38.4 Å². The number of carbonyl (C=O) groups excluding carboxylic acids is 4. The lowest BCUT2D eigenvalue weighted by Crippen LogP contribution is -2.51. The monoisotopic (exact) mass is 810 g/mol. The third-order valence-electron chi connectivity index (χ3n) is 11.3. The lowest BCUT2D eigenvalue weighted by molar-refractivity contribution is -0.136. The van der Waals surface area contributed by atoms with E-state index in [-0.39, 0.29) is 36.4 Å². The van der Waals surface area contributed by atoms with E-state index in [0.717, 1.165) is 77.7 Å². The van der Waals surface area contributed by atoms with Crippen molar-refractivity contribution in [1.29, 1.82) is 0 Å². The molecule has 5 heterocycles. The molecule has 4 aromatic rings. The Morgan fingerprint density at radius 2 is 1.44 bits per heavy atom. The van der Waals surface area contributed by atoms with Crippen LogP contribution in [0.2, 0.25) is 0 Å². The van der Waals surface area contributed by atoms with Gasteiger partial charge in [-0.1, -0.05) is 50.2 Å². The van der Waals surface area contributed by atoms with Gasteiger partial charge in [-0.3, -0.25) is 9.59 Å². The maximum absolute atomic E-state index is 13.8. The fourth-order valence-electron chi connectivity index (χ4n) is 8.15. The van der Waals surface area contributed by atoms with Crippen molar-refractivity contribution >= 4 is 24.0 Å². The number of hydrogen-bond donors (Lipinski definition) is 4. The van der Waals surface area contributed by atoms with E-state index in [9.17, 15) is 19.2 Å². The highest BCUT2D eigenvalue weighted by molar-refractivity contribution is 5.87. The van der Waals surface area contributed by atoms with Gasteiger partial charge in [0.25, 0.3) is 0 Å². The van der Waals surface area contributed by atoms with Gasteiger partial charge in [-0.25, -0.2) is 19.6 Å². The largest absolute Gasteiger partial charge is 0.453 e. The van der Waals surface area contributed by atoms with Crippen molar-refractivity contribution in [2.75, 3.05) is 47.1 Å². The summed E-state index contributed by atoms with van der Waals surface area (Å²) in [6.07, 6.45) is 7.08. The first-order valence-electron chi connectivity index (χ1n) is 20.4. The van der Waals surface area contributed by atoms with Gasteiger partial charge < -0.3 is 49.3 Å². The number of nitrogens with one attached hydrogen (secondary N) is 4. The molecule has 4 atom stereocenters. The number of carbonyl (C=O) groups is 4. The molecule has 16 nitrogen and oxygen atoms in total. The Hall–Kier alpha value is -5.74. The predicted octanol–water partition coefficient (Wildman–Crippen LogP) is 5.89. The number of likely N-dealkylation sites (tertiary alicyclic amines) is 1. The van der Waals surface area contributed by atoms with Crippen LogP contribution < -0.4 is 10.6 Å². The van der Waals surface area contributed by atoms with E-state index in [2.05, 4.69) is 50.9 Å². The fourth-order valence-corrected chi connectivity index (χ4v) is 8.15. The number of aromatic nitrogens is 4. The van der Waals surface area contributed by atoms with Crippen LogP contribution in [0.4, 0.5) is 9.59 Å². The number of rotatable bonds is 7. The molecular formula is C43H54N8O8. The third kappa shape index (κ3) is 9.44. The normalized spacial score (nSPS) is 20.7. The summed E-state index contributed by atoms with van der Waals surface area (Å²) in [5.74, 6) is 0.902. The molecule has 2 saturated heterocycles. The van der Waals surface area contributed by atoms with E-state index < -0.39 is 24.3 Å². The molecule has 0 saturated carbocycles. The number of amides is 4. The minimum atomic E-state index is -0.878. The number of methoxy groups -OCH3 is 2. The second kappa shape index (κ2) is 18.9. The molecule has 0 spiro atoms. The minimum Gasteiger partial charge on any atom is -0.453 e. The summed E-state index contributed by atoms with van der Waals surface area (Å²) in [6.45, 7) is 6.30. The van der Waals surface area contributed by atoms with Gasteiger partial charge in [0.05, 0.1) is 50.9 Å². The molecule has 0 radical (unpaired) electrons. The van der Waals surface area contributed by atoms with Crippen molar-refractivity contribution in [2.24, 2.45) is 5.92 Å². The number of nitrogens with zero attached hydrogens (tertiary/aromatic N) is 4. The van der Waals surface area contributed by atoms with Crippen LogP contribution in [0.5, 0.6) is 0 Å². The summed E-state index contributed by atoms with van der Waals surface area (Å²) < 4.78 is 21.6. The molecule has 0 unspecified atom stereocenters. The smallest absolute Gasteiger partial charge is 0.407 e. The van der Waals surface area contributed by atoms with Gasteiger partial charge >= 0.3 is 12.2 Å². The van der Waals surface area contributed by atoms with Crippen molar-refractivity contribution in [3.05, 3.63) is 72.1 Å². The van der Waals surface area contributed by atoms with Gasteiger partial charge in [0.15, 0.2) is 0 Å². The van der Waals surface area contributed by atoms with E-state index in [1.165, 1.54) is 14.2 Å². The van der Waals surface area contributed by atoms with Crippen molar-refractivity contribution in [1.82, 2.24) is 40.4 Å². The number of alkyl carbamates (subject to hydrolysis) is 2. The zero-order valence-electron chi connectivity index (χ0n) is 34.1. The Morgan fingerprint density at radius 3 is 2.19 bits per heavy atom. The van der Waals surface area contributed by atoms with E-state index in [1.54, 1.807) is 9.80 Å². The molecule has 2 fully saturated rings. The van der Waals surface area contributed by atoms with Gasteiger partial charge in [0, 0.05) is 49.8 Å². The second-order valence-corrected chi connectivity index (χ2v) is 15.6. The molecule has 314 valence electrons. The molecule has 3 aliphatic rings. The summed E-state index contributed by atoms with van der Waals surface area (Å²) in [4.78, 5) is 71.7. The van der Waals surface area contributed by atoms with E-state index in [0.29, 0.717) is 44.6 Å². The zero-order chi connectivity index (χ0) is 41.5. The molecule has 2 bridgehead atoms. The standard InChI is InChI=1S/C43H54N8O8/c1-26(2)37(49-43(55)57-4)41(53)51-18-8-10-36(51)38-44-22-32(46-38)28-13-11-27(12-14-28)29-15-16-31-30(21-29)24-58-19-5-6-20-59-25-34(48-42(54)56-3)40(52)50-17-7-9-35(50)39-45-23-33(31)47-39/h11-16,21-23,26,34-37H,5-10,17-20,24-25H2,1-4H3,(H,44,46)(H,45,47)(H,48,54)(H,49,55)/t34-,35-,36-,37-/m0/s1. The van der Waals surface area contributed by atoms with Gasteiger partial charge in [-0.2, -0.15) is 0 Å². The SMILES string of the molecule is COC(=O)N[C@H]1COCCCCOCc2cc(-c3ccc(-c4c[nH]c([C@@H]5CCCN5C(=O)[C@@H](NC(=O)OC)C(C)C)n4)cc3)ccc2-c2c[nH]c(n2)[C@@H]2CCCN2C1=O. The van der Waals surface area contributed by atoms with Gasteiger partial charge in [0.2, 0.25) is 11.8 Å². The lowest BCUT2D eigenvalue weighted by atomic mass is 9.97. The molecule has 0 aliphatic carbocycles. The number of H-pyrrole nitrogens is 2. The highest BCUT2D eigenvalue weighted by atomic mass is 16.5. The highest BCUT2D eigenvalue weighted by Crippen LogP contribution is 2.36. The first-order valence-corrected chi connectivity index (χ1v) is 20.4. The highest BCUT2D eigenvalue weighted by Gasteiger charge is 2.38. The number of ether oxygens (including phenoxy) is 4. The van der Waals surface area contributed by atoms with Crippen LogP contribution in [0.25, 0.3) is 33.6 Å². The van der Waals surface area contributed by atoms with Crippen molar-refractivity contribution in [3.8, 4) is 33.6 Å². The lowest BCUT2D eigenvalue weighted by Gasteiger charge is -2.29. The van der Waals surface area contributed by atoms with Gasteiger partial charge in [-0.15, -0.1) is 0 Å². The summed E-state index contributed by atoms with van der Waals surface area (Å²) in [5, 5.41) is 5.35. The van der Waals surface area contributed by atoms with Crippen LogP contribution >= 0.6 is 0 Å². The minimum absolute atomic E-state index is 0.0403. The topological polar surface area (TPSA) is 193 Å². The first kappa shape index (κ1) is 41.4. The van der Waals surface area contributed by atoms with Crippen LogP contribution in [0.1, 0.15) is 81.7 Å². The fraction of sp³-hybridized carbons (Fsp3) is 0.488. The third-order valence-corrected chi connectivity index (χ3v) is 11.3. The van der Waals surface area contributed by atoms with Crippen molar-refractivity contribution in [3.63, 3.8) is 0 Å². The van der Waals surface area contributed by atoms with Crippen LogP contribution in [-0.4, -0.2) is 113 Å². The molecule has 59 heavy (non-hydrogen) atoms. The molecule has 16 heteroatoms. The Bertz CT molecular complexity index is 2100. The number of benzene rings is 2. The average Bonchev–Trinajstić information content (AvgIpc) is 4.09. The van der Waals surface area contributed by atoms with Crippen LogP contribution in [0, 0.1) is 5.92 Å². The number of fused-ring (bicyclic) bond motifs is 6. The molecular weight excluding hydrogens is 757 g/mol. The van der Waals surface area contributed by atoms with Crippen LogP contribution in [-0.2, 0) is 35.1 Å². The molecule has 4 amide bonds. The van der Waals surface area contributed by atoms with E-state index in [4.69, 9.17) is 28.9 Å². The maximum Gasteiger partial charge on any atom is 0.407 e. The Labute approximate surface area is 343 Å². The van der Waals surface area contributed by atoms with E-state index >= 15 is 0 Å². The van der Waals surface area contributed by atoms with Crippen molar-refractivity contribution in [2.45, 2.75) is 83.1 Å². The Morgan fingerprint density at radius 1 is 0.797 bits per heavy atom. The van der Waals surface area contributed by atoms with Crippen LogP contribution in [0.3, 0.4) is 0 Å². The summed E-state index contributed by atoms with van der Waals surface area (Å²) in [5.41, 5.74) is 6.43. The summed E-state index contributed by atoms with van der Waals surface area (Å²) in [7, 11) is 2.56. The Balaban J connectivity index is 1.09.